The molecule has 33 heavy (non-hydrogen) atoms. The van der Waals surface area contributed by atoms with Crippen molar-refractivity contribution in [2.75, 3.05) is 13.2 Å². The van der Waals surface area contributed by atoms with E-state index in [4.69, 9.17) is 9.47 Å². The Bertz CT molecular complexity index is 1120. The quantitative estimate of drug-likeness (QED) is 0.347. The van der Waals surface area contributed by atoms with Gasteiger partial charge in [-0.2, -0.15) is 0 Å². The van der Waals surface area contributed by atoms with E-state index >= 15 is 0 Å². The van der Waals surface area contributed by atoms with E-state index in [1.165, 1.54) is 6.07 Å². The van der Waals surface area contributed by atoms with Crippen LogP contribution in [0.1, 0.15) is 36.8 Å². The van der Waals surface area contributed by atoms with Crippen LogP contribution in [0.4, 0.5) is 13.2 Å². The lowest BCUT2D eigenvalue weighted by molar-refractivity contribution is -0.159. The van der Waals surface area contributed by atoms with Crippen molar-refractivity contribution in [3.63, 3.8) is 0 Å². The van der Waals surface area contributed by atoms with Crippen LogP contribution < -0.4 is 0 Å². The first-order chi connectivity index (χ1) is 16.0. The maximum atomic E-state index is 14.9. The summed E-state index contributed by atoms with van der Waals surface area (Å²) in [5.74, 6) is -2.04. The van der Waals surface area contributed by atoms with Crippen LogP contribution in [-0.2, 0) is 15.9 Å². The molecule has 4 rings (SSSR count). The molecule has 0 radical (unpaired) electrons. The first-order valence-corrected chi connectivity index (χ1v) is 11.2. The summed E-state index contributed by atoms with van der Waals surface area (Å²) in [6, 6.07) is 15.2. The zero-order valence-electron chi connectivity index (χ0n) is 18.6. The van der Waals surface area contributed by atoms with E-state index in [2.05, 4.69) is 6.58 Å². The Balaban J connectivity index is 1.53. The zero-order chi connectivity index (χ0) is 23.4. The van der Waals surface area contributed by atoms with E-state index in [9.17, 15) is 13.2 Å². The molecule has 0 unspecified atom stereocenters. The van der Waals surface area contributed by atoms with Crippen molar-refractivity contribution in [3.8, 4) is 22.3 Å². The molecule has 1 aliphatic rings. The molecule has 2 nitrogen and oxygen atoms in total. The van der Waals surface area contributed by atoms with Crippen LogP contribution >= 0.6 is 0 Å². The van der Waals surface area contributed by atoms with Crippen molar-refractivity contribution in [2.24, 2.45) is 0 Å². The lowest BCUT2D eigenvalue weighted by Gasteiger charge is -2.28. The largest absolute Gasteiger partial charge is 0.348 e. The number of ether oxygens (including phenoxy) is 2. The monoisotopic (exact) mass is 452 g/mol. The van der Waals surface area contributed by atoms with Crippen LogP contribution in [0.3, 0.4) is 0 Å². The third kappa shape index (κ3) is 5.05. The van der Waals surface area contributed by atoms with Gasteiger partial charge in [-0.15, -0.1) is 0 Å². The van der Waals surface area contributed by atoms with Crippen molar-refractivity contribution in [2.45, 2.75) is 38.4 Å². The number of aryl methyl sites for hydroxylation is 1. The molecule has 0 atom stereocenters. The Labute approximate surface area is 192 Å². The number of unbranched alkanes of at least 4 members (excludes halogenated alkanes) is 1. The molecule has 1 saturated heterocycles. The zero-order valence-corrected chi connectivity index (χ0v) is 18.6. The van der Waals surface area contributed by atoms with Crippen molar-refractivity contribution >= 4 is 0 Å². The molecular weight excluding hydrogens is 425 g/mol. The van der Waals surface area contributed by atoms with Crippen LogP contribution in [0.5, 0.6) is 0 Å². The second-order valence-electron chi connectivity index (χ2n) is 8.29. The second kappa shape index (κ2) is 10.4. The number of rotatable bonds is 7. The fourth-order valence-corrected chi connectivity index (χ4v) is 4.07. The Hall–Kier alpha value is -2.89. The van der Waals surface area contributed by atoms with Gasteiger partial charge in [-0.1, -0.05) is 68.5 Å². The van der Waals surface area contributed by atoms with Crippen molar-refractivity contribution in [1.29, 1.82) is 0 Å². The summed E-state index contributed by atoms with van der Waals surface area (Å²) in [6.07, 6.45) is 3.41. The van der Waals surface area contributed by atoms with Crippen LogP contribution in [-0.4, -0.2) is 19.5 Å². The molecule has 0 aliphatic carbocycles. The van der Waals surface area contributed by atoms with Gasteiger partial charge in [0.2, 0.25) is 0 Å². The molecule has 1 heterocycles. The minimum atomic E-state index is -0.845. The highest BCUT2D eigenvalue weighted by atomic mass is 19.2. The van der Waals surface area contributed by atoms with E-state index in [1.807, 2.05) is 13.0 Å². The van der Waals surface area contributed by atoms with Gasteiger partial charge in [-0.25, -0.2) is 13.2 Å². The molecule has 172 valence electrons. The standard InChI is InChI=1S/C28H27F3O2/c1-3-5-6-20-11-14-24(28(31)27(20)30)19-9-7-18(8-10-19)23-13-12-21(15-25(23)29)22-16-32-26(4-2)33-17-22/h4,7-15,22,26H,2-3,5-6,16-17H2,1H3. The normalized spacial score (nSPS) is 18.3. The molecule has 5 heteroatoms. The van der Waals surface area contributed by atoms with Crippen molar-refractivity contribution < 1.29 is 22.6 Å². The van der Waals surface area contributed by atoms with Crippen molar-refractivity contribution in [1.82, 2.24) is 0 Å². The molecule has 3 aromatic rings. The average molecular weight is 453 g/mol. The Morgan fingerprint density at radius 2 is 1.52 bits per heavy atom. The lowest BCUT2D eigenvalue weighted by atomic mass is 9.94. The SMILES string of the molecule is C=CC1OCC(c2ccc(-c3ccc(-c4ccc(CCCC)c(F)c4F)cc3)c(F)c2)CO1. The highest BCUT2D eigenvalue weighted by Crippen LogP contribution is 2.32. The van der Waals surface area contributed by atoms with Gasteiger partial charge in [0.05, 0.1) is 13.2 Å². The fraction of sp³-hybridized carbons (Fsp3) is 0.286. The maximum absolute atomic E-state index is 14.9. The van der Waals surface area contributed by atoms with Gasteiger partial charge in [-0.3, -0.25) is 0 Å². The van der Waals surface area contributed by atoms with Gasteiger partial charge >= 0.3 is 0 Å². The molecule has 0 spiro atoms. The van der Waals surface area contributed by atoms with Gasteiger partial charge in [-0.05, 0) is 47.2 Å². The third-order valence-electron chi connectivity index (χ3n) is 6.05. The number of benzene rings is 3. The molecule has 0 bridgehead atoms. The molecule has 0 aromatic heterocycles. The van der Waals surface area contributed by atoms with Gasteiger partial charge in [0.25, 0.3) is 0 Å². The van der Waals surface area contributed by atoms with Gasteiger partial charge in [0, 0.05) is 17.0 Å². The van der Waals surface area contributed by atoms with Crippen LogP contribution in [0.25, 0.3) is 22.3 Å². The average Bonchev–Trinajstić information content (AvgIpc) is 2.85. The smallest absolute Gasteiger partial charge is 0.176 e. The summed E-state index contributed by atoms with van der Waals surface area (Å²) in [5.41, 5.74) is 3.04. The number of hydrogen-bond acceptors (Lipinski definition) is 2. The van der Waals surface area contributed by atoms with Gasteiger partial charge in [0.15, 0.2) is 17.9 Å². The highest BCUT2D eigenvalue weighted by molar-refractivity contribution is 5.71. The predicted molar refractivity (Wildman–Crippen MR) is 124 cm³/mol. The van der Waals surface area contributed by atoms with E-state index in [0.29, 0.717) is 41.9 Å². The minimum absolute atomic E-state index is 0.0507. The number of hydrogen-bond donors (Lipinski definition) is 0. The minimum Gasteiger partial charge on any atom is -0.348 e. The van der Waals surface area contributed by atoms with E-state index in [1.54, 1.807) is 48.5 Å². The molecule has 1 fully saturated rings. The van der Waals surface area contributed by atoms with E-state index < -0.39 is 17.9 Å². The summed E-state index contributed by atoms with van der Waals surface area (Å²) in [4.78, 5) is 0. The summed E-state index contributed by atoms with van der Waals surface area (Å²) >= 11 is 0. The Kier molecular flexibility index (Phi) is 7.31. The van der Waals surface area contributed by atoms with Crippen molar-refractivity contribution in [3.05, 3.63) is 95.8 Å². The molecule has 0 amide bonds. The first kappa shape index (κ1) is 23.3. The predicted octanol–water partition coefficient (Wildman–Crippen LogP) is 7.42. The number of halogens is 3. The molecular formula is C28H27F3O2. The van der Waals surface area contributed by atoms with Crippen LogP contribution in [0.15, 0.2) is 67.3 Å². The summed E-state index contributed by atoms with van der Waals surface area (Å²) in [5, 5.41) is 0. The van der Waals surface area contributed by atoms with Gasteiger partial charge < -0.3 is 9.47 Å². The van der Waals surface area contributed by atoms with Crippen LogP contribution in [0.2, 0.25) is 0 Å². The van der Waals surface area contributed by atoms with E-state index in [0.717, 1.165) is 18.4 Å². The van der Waals surface area contributed by atoms with Gasteiger partial charge in [0.1, 0.15) is 5.82 Å². The summed E-state index contributed by atoms with van der Waals surface area (Å²) < 4.78 is 55.1. The fourth-order valence-electron chi connectivity index (χ4n) is 4.07. The third-order valence-corrected chi connectivity index (χ3v) is 6.05. The summed E-state index contributed by atoms with van der Waals surface area (Å²) in [6.45, 7) is 6.52. The molecule has 1 aliphatic heterocycles. The molecule has 0 saturated carbocycles. The first-order valence-electron chi connectivity index (χ1n) is 11.2. The van der Waals surface area contributed by atoms with Crippen LogP contribution in [0, 0.1) is 17.5 Å². The molecule has 3 aromatic carbocycles. The second-order valence-corrected chi connectivity index (χ2v) is 8.29. The topological polar surface area (TPSA) is 18.5 Å². The molecule has 0 N–H and O–H groups in total. The lowest BCUT2D eigenvalue weighted by Crippen LogP contribution is -2.29. The summed E-state index contributed by atoms with van der Waals surface area (Å²) in [7, 11) is 0. The highest BCUT2D eigenvalue weighted by Gasteiger charge is 2.22. The Morgan fingerprint density at radius 3 is 2.12 bits per heavy atom. The Morgan fingerprint density at radius 1 is 0.879 bits per heavy atom. The maximum Gasteiger partial charge on any atom is 0.176 e. The van der Waals surface area contributed by atoms with E-state index in [-0.39, 0.29) is 17.3 Å².